The van der Waals surface area contributed by atoms with Crippen molar-refractivity contribution in [2.24, 2.45) is 0 Å². The molecule has 4 rings (SSSR count). The smallest absolute Gasteiger partial charge is 0.270 e. The van der Waals surface area contributed by atoms with E-state index in [1.165, 1.54) is 16.8 Å². The van der Waals surface area contributed by atoms with E-state index in [0.717, 1.165) is 6.42 Å². The van der Waals surface area contributed by atoms with Gasteiger partial charge in [-0.2, -0.15) is 10.4 Å². The highest BCUT2D eigenvalue weighted by Gasteiger charge is 2.46. The number of nitrogens with one attached hydrogen (secondary N) is 1. The van der Waals surface area contributed by atoms with Crippen molar-refractivity contribution in [2.45, 2.75) is 37.1 Å². The van der Waals surface area contributed by atoms with Crippen LogP contribution in [0, 0.1) is 11.3 Å². The second-order valence-electron chi connectivity index (χ2n) is 6.43. The Kier molecular flexibility index (Phi) is 3.65. The van der Waals surface area contributed by atoms with E-state index in [0.29, 0.717) is 24.5 Å². The molecule has 130 valence electrons. The van der Waals surface area contributed by atoms with E-state index >= 15 is 0 Å². The molecule has 2 fully saturated rings. The van der Waals surface area contributed by atoms with E-state index in [1.807, 2.05) is 0 Å². The number of alkyl halides is 2. The Morgan fingerprint density at radius 2 is 2.28 bits per heavy atom. The maximum Gasteiger partial charge on any atom is 0.270 e. The minimum Gasteiger partial charge on any atom is -0.381 e. The number of carbonyl (C=O) groups excluding carboxylic acids is 1. The molecule has 1 atom stereocenters. The molecule has 1 aliphatic carbocycles. The SMILES string of the molecule is N#Cc1c(C2CCOC2)nn2c(C(=O)NC3CC(F)(F)C3)ccnc12. The number of aromatic nitrogens is 3. The first-order valence-corrected chi connectivity index (χ1v) is 8.03. The molecule has 25 heavy (non-hydrogen) atoms. The molecular weight excluding hydrogens is 332 g/mol. The average molecular weight is 347 g/mol. The van der Waals surface area contributed by atoms with E-state index in [-0.39, 0.29) is 30.1 Å². The lowest BCUT2D eigenvalue weighted by molar-refractivity contribution is -0.0901. The summed E-state index contributed by atoms with van der Waals surface area (Å²) in [5.74, 6) is -3.23. The van der Waals surface area contributed by atoms with Crippen molar-refractivity contribution < 1.29 is 18.3 Å². The van der Waals surface area contributed by atoms with Gasteiger partial charge in [-0.1, -0.05) is 0 Å². The Labute approximate surface area is 141 Å². The average Bonchev–Trinajstić information content (AvgIpc) is 3.19. The Hall–Kier alpha value is -2.60. The first kappa shape index (κ1) is 15.9. The maximum absolute atomic E-state index is 12.9. The molecule has 7 nitrogen and oxygen atoms in total. The van der Waals surface area contributed by atoms with Gasteiger partial charge in [-0.05, 0) is 12.5 Å². The van der Waals surface area contributed by atoms with Gasteiger partial charge in [0.25, 0.3) is 11.8 Å². The van der Waals surface area contributed by atoms with Crippen LogP contribution in [0.25, 0.3) is 5.65 Å². The third-order valence-corrected chi connectivity index (χ3v) is 4.63. The molecule has 0 spiro atoms. The van der Waals surface area contributed by atoms with Gasteiger partial charge in [0, 0.05) is 37.6 Å². The van der Waals surface area contributed by atoms with Crippen LogP contribution in [0.3, 0.4) is 0 Å². The Morgan fingerprint density at radius 1 is 1.48 bits per heavy atom. The highest BCUT2D eigenvalue weighted by atomic mass is 19.3. The van der Waals surface area contributed by atoms with Crippen LogP contribution in [0.2, 0.25) is 0 Å². The quantitative estimate of drug-likeness (QED) is 0.911. The summed E-state index contributed by atoms with van der Waals surface area (Å²) in [6, 6.07) is 3.01. The van der Waals surface area contributed by atoms with Gasteiger partial charge in [0.1, 0.15) is 17.3 Å². The van der Waals surface area contributed by atoms with Crippen molar-refractivity contribution in [1.82, 2.24) is 19.9 Å². The molecule has 0 bridgehead atoms. The number of amides is 1. The zero-order valence-electron chi connectivity index (χ0n) is 13.2. The molecule has 9 heteroatoms. The van der Waals surface area contributed by atoms with Crippen LogP contribution in [-0.4, -0.2) is 45.7 Å². The summed E-state index contributed by atoms with van der Waals surface area (Å²) in [5.41, 5.74) is 1.33. The molecule has 0 radical (unpaired) electrons. The molecular formula is C16H15F2N5O2. The van der Waals surface area contributed by atoms with Gasteiger partial charge < -0.3 is 10.1 Å². The number of halogens is 2. The predicted molar refractivity (Wildman–Crippen MR) is 81.3 cm³/mol. The van der Waals surface area contributed by atoms with Crippen LogP contribution in [0.1, 0.15) is 46.9 Å². The molecule has 1 aliphatic heterocycles. The van der Waals surface area contributed by atoms with Crippen LogP contribution in [0.4, 0.5) is 8.78 Å². The molecule has 3 heterocycles. The van der Waals surface area contributed by atoms with Gasteiger partial charge in [0.15, 0.2) is 5.65 Å². The van der Waals surface area contributed by atoms with E-state index in [1.54, 1.807) is 0 Å². The van der Waals surface area contributed by atoms with Crippen molar-refractivity contribution in [3.8, 4) is 6.07 Å². The largest absolute Gasteiger partial charge is 0.381 e. The van der Waals surface area contributed by atoms with Gasteiger partial charge >= 0.3 is 0 Å². The fraction of sp³-hybridized carbons (Fsp3) is 0.500. The second kappa shape index (κ2) is 5.74. The third kappa shape index (κ3) is 2.72. The van der Waals surface area contributed by atoms with Gasteiger partial charge in [-0.25, -0.2) is 18.3 Å². The lowest BCUT2D eigenvalue weighted by Gasteiger charge is -2.35. The number of rotatable bonds is 3. The van der Waals surface area contributed by atoms with Crippen LogP contribution in [0.5, 0.6) is 0 Å². The molecule has 0 aromatic carbocycles. The number of ether oxygens (including phenoxy) is 1. The van der Waals surface area contributed by atoms with E-state index in [4.69, 9.17) is 4.74 Å². The summed E-state index contributed by atoms with van der Waals surface area (Å²) in [6.45, 7) is 1.07. The standard InChI is InChI=1S/C16H15F2N5O2/c17-16(18)5-10(6-16)21-15(24)12-1-3-20-14-11(7-19)13(22-23(12)14)9-2-4-25-8-9/h1,3,9-10H,2,4-6,8H2,(H,21,24). The zero-order valence-corrected chi connectivity index (χ0v) is 13.2. The lowest BCUT2D eigenvalue weighted by Crippen LogP contribution is -2.50. The number of carbonyl (C=O) groups is 1. The monoisotopic (exact) mass is 347 g/mol. The minimum atomic E-state index is -2.71. The summed E-state index contributed by atoms with van der Waals surface area (Å²) < 4.78 is 32.6. The molecule has 2 aromatic heterocycles. The number of hydrogen-bond donors (Lipinski definition) is 1. The van der Waals surface area contributed by atoms with Crippen LogP contribution in [-0.2, 0) is 4.74 Å². The molecule has 1 amide bonds. The molecule has 1 unspecified atom stereocenters. The van der Waals surface area contributed by atoms with Crippen molar-refractivity contribution in [1.29, 1.82) is 5.26 Å². The zero-order chi connectivity index (χ0) is 17.6. The first-order valence-electron chi connectivity index (χ1n) is 8.03. The highest BCUT2D eigenvalue weighted by molar-refractivity contribution is 5.93. The normalized spacial score (nSPS) is 22.5. The molecule has 2 aromatic rings. The minimum absolute atomic E-state index is 0.0161. The topological polar surface area (TPSA) is 92.3 Å². The van der Waals surface area contributed by atoms with Gasteiger partial charge in [0.2, 0.25) is 0 Å². The third-order valence-electron chi connectivity index (χ3n) is 4.63. The van der Waals surface area contributed by atoms with Crippen molar-refractivity contribution in [3.05, 3.63) is 29.2 Å². The van der Waals surface area contributed by atoms with Crippen LogP contribution in [0.15, 0.2) is 12.3 Å². The fourth-order valence-electron chi connectivity index (χ4n) is 3.30. The highest BCUT2D eigenvalue weighted by Crippen LogP contribution is 2.37. The molecule has 2 aliphatic rings. The number of nitriles is 1. The van der Waals surface area contributed by atoms with Crippen molar-refractivity contribution >= 4 is 11.6 Å². The maximum atomic E-state index is 12.9. The summed E-state index contributed by atoms with van der Waals surface area (Å²) in [6.07, 6.45) is 1.44. The number of hydrogen-bond acceptors (Lipinski definition) is 5. The molecule has 1 saturated heterocycles. The molecule has 1 N–H and O–H groups in total. The molecule has 1 saturated carbocycles. The van der Waals surface area contributed by atoms with E-state index in [9.17, 15) is 18.8 Å². The number of nitrogens with zero attached hydrogens (tertiary/aromatic N) is 4. The summed E-state index contributed by atoms with van der Waals surface area (Å²) in [7, 11) is 0. The predicted octanol–water partition coefficient (Wildman–Crippen LogP) is 1.63. The first-order chi connectivity index (χ1) is 12.0. The van der Waals surface area contributed by atoms with Gasteiger partial charge in [0.05, 0.1) is 12.3 Å². The number of fused-ring (bicyclic) bond motifs is 1. The lowest BCUT2D eigenvalue weighted by atomic mass is 9.88. The second-order valence-corrected chi connectivity index (χ2v) is 6.43. The fourth-order valence-corrected chi connectivity index (χ4v) is 3.30. The Bertz CT molecular complexity index is 875. The Balaban J connectivity index is 1.68. The van der Waals surface area contributed by atoms with Gasteiger partial charge in [-0.3, -0.25) is 4.79 Å². The summed E-state index contributed by atoms with van der Waals surface area (Å²) in [5, 5.41) is 16.5. The van der Waals surface area contributed by atoms with Crippen LogP contribution < -0.4 is 5.32 Å². The van der Waals surface area contributed by atoms with Gasteiger partial charge in [-0.15, -0.1) is 0 Å². The van der Waals surface area contributed by atoms with Crippen LogP contribution >= 0.6 is 0 Å². The van der Waals surface area contributed by atoms with E-state index < -0.39 is 17.9 Å². The summed E-state index contributed by atoms with van der Waals surface area (Å²) >= 11 is 0. The Morgan fingerprint density at radius 3 is 2.92 bits per heavy atom. The van der Waals surface area contributed by atoms with Crippen molar-refractivity contribution in [2.75, 3.05) is 13.2 Å². The summed E-state index contributed by atoms with van der Waals surface area (Å²) in [4.78, 5) is 16.6. The van der Waals surface area contributed by atoms with Crippen molar-refractivity contribution in [3.63, 3.8) is 0 Å². The van der Waals surface area contributed by atoms with E-state index in [2.05, 4.69) is 21.5 Å².